The molecule has 0 unspecified atom stereocenters. The topological polar surface area (TPSA) is 146 Å². The maximum Gasteiger partial charge on any atom is 0.281 e. The zero-order chi connectivity index (χ0) is 31.6. The maximum atomic E-state index is 13.7. The van der Waals surface area contributed by atoms with Crippen LogP contribution in [0.4, 0.5) is 0 Å². The van der Waals surface area contributed by atoms with Gasteiger partial charge in [-0.15, -0.1) is 0 Å². The van der Waals surface area contributed by atoms with Gasteiger partial charge in [0.25, 0.3) is 21.8 Å². The van der Waals surface area contributed by atoms with Gasteiger partial charge in [0, 0.05) is 40.9 Å². The first-order chi connectivity index (χ1) is 20.1. The van der Waals surface area contributed by atoms with Gasteiger partial charge in [-0.05, 0) is 60.4 Å². The fourth-order valence-corrected chi connectivity index (χ4v) is 6.30. The van der Waals surface area contributed by atoms with Crippen molar-refractivity contribution in [3.8, 4) is 0 Å². The van der Waals surface area contributed by atoms with Crippen LogP contribution in [-0.2, 0) is 20.4 Å². The van der Waals surface area contributed by atoms with Gasteiger partial charge in [0.2, 0.25) is 5.91 Å². The number of nitrogens with one attached hydrogen (secondary N) is 2. The van der Waals surface area contributed by atoms with Crippen molar-refractivity contribution in [2.75, 3.05) is 13.1 Å². The van der Waals surface area contributed by atoms with Crippen LogP contribution < -0.4 is 10.0 Å². The summed E-state index contributed by atoms with van der Waals surface area (Å²) in [4.78, 5) is 45.2. The monoisotopic (exact) mass is 626 g/mol. The molecule has 43 heavy (non-hydrogen) atoms. The number of halogens is 1. The van der Waals surface area contributed by atoms with Gasteiger partial charge in [0.15, 0.2) is 5.03 Å². The van der Waals surface area contributed by atoms with Gasteiger partial charge < -0.3 is 15.3 Å². The molecule has 3 aromatic rings. The minimum Gasteiger partial charge on any atom is -0.384 e. The Morgan fingerprint density at radius 3 is 2.21 bits per heavy atom. The largest absolute Gasteiger partial charge is 0.384 e. The van der Waals surface area contributed by atoms with Crippen LogP contribution in [0.15, 0.2) is 78.0 Å². The number of rotatable bonds is 8. The van der Waals surface area contributed by atoms with Crippen LogP contribution in [-0.4, -0.2) is 60.3 Å². The third-order valence-electron chi connectivity index (χ3n) is 7.83. The quantitative estimate of drug-likeness (QED) is 0.345. The van der Waals surface area contributed by atoms with Crippen LogP contribution in [0, 0.1) is 11.3 Å². The zero-order valence-electron chi connectivity index (χ0n) is 24.4. The molecule has 0 radical (unpaired) electrons. The van der Waals surface area contributed by atoms with Crippen LogP contribution in [0.3, 0.4) is 0 Å². The van der Waals surface area contributed by atoms with E-state index in [4.69, 9.17) is 11.6 Å². The molecule has 228 valence electrons. The molecule has 10 nitrogen and oxygen atoms in total. The van der Waals surface area contributed by atoms with Crippen molar-refractivity contribution in [1.82, 2.24) is 19.9 Å². The number of sulfonamides is 1. The molecule has 2 atom stereocenters. The molecular formula is C31H35ClN4O6S. The summed E-state index contributed by atoms with van der Waals surface area (Å²) in [5.74, 6) is -2.08. The molecule has 3 amide bonds. The molecule has 1 saturated heterocycles. The van der Waals surface area contributed by atoms with Gasteiger partial charge in [0.05, 0.1) is 5.60 Å². The van der Waals surface area contributed by atoms with Gasteiger partial charge in [-0.25, -0.2) is 9.71 Å². The highest BCUT2D eigenvalue weighted by Gasteiger charge is 2.50. The van der Waals surface area contributed by atoms with Crippen LogP contribution in [0.2, 0.25) is 5.02 Å². The fraction of sp³-hybridized carbons (Fsp3) is 0.355. The van der Waals surface area contributed by atoms with E-state index in [1.54, 1.807) is 35.2 Å². The Labute approximate surface area is 256 Å². The lowest BCUT2D eigenvalue weighted by molar-refractivity contribution is -0.155. The second-order valence-corrected chi connectivity index (χ2v) is 13.7. The number of piperidine rings is 1. The molecule has 0 bridgehead atoms. The van der Waals surface area contributed by atoms with Crippen LogP contribution >= 0.6 is 11.6 Å². The van der Waals surface area contributed by atoms with E-state index in [1.165, 1.54) is 42.6 Å². The van der Waals surface area contributed by atoms with Crippen molar-refractivity contribution in [2.24, 2.45) is 11.3 Å². The lowest BCUT2D eigenvalue weighted by Gasteiger charge is -2.51. The number of amides is 3. The van der Waals surface area contributed by atoms with E-state index >= 15 is 0 Å². The first kappa shape index (κ1) is 32.1. The van der Waals surface area contributed by atoms with Gasteiger partial charge >= 0.3 is 0 Å². The lowest BCUT2D eigenvalue weighted by Crippen LogP contribution is -2.60. The van der Waals surface area contributed by atoms with Gasteiger partial charge in [0.1, 0.15) is 6.04 Å². The number of likely N-dealkylation sites (tertiary alicyclic amines) is 1. The summed E-state index contributed by atoms with van der Waals surface area (Å²) < 4.78 is 27.0. The van der Waals surface area contributed by atoms with Gasteiger partial charge in [-0.2, -0.15) is 8.42 Å². The van der Waals surface area contributed by atoms with Crippen LogP contribution in [0.1, 0.15) is 60.4 Å². The van der Waals surface area contributed by atoms with E-state index in [0.29, 0.717) is 11.4 Å². The number of carbonyl (C=O) groups excluding carboxylic acids is 3. The molecule has 2 heterocycles. The van der Waals surface area contributed by atoms with Crippen molar-refractivity contribution in [3.63, 3.8) is 0 Å². The Morgan fingerprint density at radius 1 is 0.977 bits per heavy atom. The molecule has 1 aliphatic heterocycles. The Kier molecular flexibility index (Phi) is 9.29. The van der Waals surface area contributed by atoms with Crippen molar-refractivity contribution in [3.05, 3.63) is 94.6 Å². The summed E-state index contributed by atoms with van der Waals surface area (Å²) in [5.41, 5.74) is -1.15. The molecule has 0 spiro atoms. The van der Waals surface area contributed by atoms with Crippen molar-refractivity contribution < 1.29 is 27.9 Å². The minimum atomic E-state index is -4.22. The molecule has 1 aromatic heterocycles. The Bertz CT molecular complexity index is 1610. The molecule has 1 aliphatic rings. The molecule has 4 rings (SSSR count). The highest BCUT2D eigenvalue weighted by Crippen LogP contribution is 2.46. The number of pyridine rings is 1. The Morgan fingerprint density at radius 2 is 1.63 bits per heavy atom. The van der Waals surface area contributed by atoms with Gasteiger partial charge in [-0.3, -0.25) is 14.4 Å². The third kappa shape index (κ3) is 6.90. The van der Waals surface area contributed by atoms with Crippen molar-refractivity contribution >= 4 is 39.3 Å². The highest BCUT2D eigenvalue weighted by atomic mass is 35.5. The minimum absolute atomic E-state index is 0.0566. The smallest absolute Gasteiger partial charge is 0.281 e. The average molecular weight is 627 g/mol. The first-order valence-corrected chi connectivity index (χ1v) is 15.7. The number of hydrogen-bond acceptors (Lipinski definition) is 7. The summed E-state index contributed by atoms with van der Waals surface area (Å²) in [7, 11) is -4.22. The summed E-state index contributed by atoms with van der Waals surface area (Å²) in [6.45, 7) is 7.96. The van der Waals surface area contributed by atoms with E-state index in [0.717, 1.165) is 5.56 Å². The standard InChI is InChI=1S/C31H35ClN4O6S/c1-20(2)26(29(39)36-17-15-31(40,30(3,4)19-36)23-11-13-24(32)14-12-23)34-27(37)21-8-7-9-22(18-21)28(38)35-43(41,42)25-10-5-6-16-33-25/h5-14,16,18,20,26,40H,15,17,19H2,1-4H3,(H,34,37)(H,35,38)/t26-,31+/m1/s1. The summed E-state index contributed by atoms with van der Waals surface area (Å²) >= 11 is 6.04. The van der Waals surface area contributed by atoms with Gasteiger partial charge in [-0.1, -0.05) is 63.6 Å². The first-order valence-electron chi connectivity index (χ1n) is 13.8. The average Bonchev–Trinajstić information content (AvgIpc) is 2.97. The number of aromatic nitrogens is 1. The van der Waals surface area contributed by atoms with E-state index in [2.05, 4.69) is 10.3 Å². The predicted molar refractivity (Wildman–Crippen MR) is 162 cm³/mol. The van der Waals surface area contributed by atoms with E-state index in [-0.39, 0.29) is 41.1 Å². The predicted octanol–water partition coefficient (Wildman–Crippen LogP) is 3.75. The zero-order valence-corrected chi connectivity index (χ0v) is 25.9. The highest BCUT2D eigenvalue weighted by molar-refractivity contribution is 7.90. The lowest BCUT2D eigenvalue weighted by atomic mass is 9.66. The normalized spacial score (nSPS) is 19.0. The SMILES string of the molecule is CC(C)[C@@H](NC(=O)c1cccc(C(=O)NS(=O)(=O)c2ccccn2)c1)C(=O)N1CC[C@](O)(c2ccc(Cl)cc2)C(C)(C)C1. The van der Waals surface area contributed by atoms with Crippen LogP contribution in [0.5, 0.6) is 0 Å². The number of benzene rings is 2. The Hall–Kier alpha value is -3.80. The van der Waals surface area contributed by atoms with Crippen LogP contribution in [0.25, 0.3) is 0 Å². The third-order valence-corrected chi connectivity index (χ3v) is 9.33. The molecule has 1 fully saturated rings. The molecule has 0 aliphatic carbocycles. The number of nitrogens with zero attached hydrogens (tertiary/aromatic N) is 2. The summed E-state index contributed by atoms with van der Waals surface area (Å²) in [6, 6.07) is 16.0. The summed E-state index contributed by atoms with van der Waals surface area (Å²) in [6.07, 6.45) is 1.59. The second-order valence-electron chi connectivity index (χ2n) is 11.6. The van der Waals surface area contributed by atoms with Crippen molar-refractivity contribution in [1.29, 1.82) is 0 Å². The summed E-state index contributed by atoms with van der Waals surface area (Å²) in [5, 5.41) is 14.7. The second kappa shape index (κ2) is 12.4. The number of hydrogen-bond donors (Lipinski definition) is 3. The number of aliphatic hydroxyl groups is 1. The Balaban J connectivity index is 1.47. The molecular weight excluding hydrogens is 592 g/mol. The van der Waals surface area contributed by atoms with Crippen molar-refractivity contribution in [2.45, 2.75) is 50.8 Å². The number of carbonyl (C=O) groups is 3. The molecule has 3 N–H and O–H groups in total. The molecule has 2 aromatic carbocycles. The van der Waals surface area contributed by atoms with E-state index in [1.807, 2.05) is 32.4 Å². The fourth-order valence-electron chi connectivity index (χ4n) is 5.25. The van der Waals surface area contributed by atoms with E-state index in [9.17, 15) is 27.9 Å². The molecule has 0 saturated carbocycles. The maximum absolute atomic E-state index is 13.7. The van der Waals surface area contributed by atoms with E-state index < -0.39 is 38.9 Å². The molecule has 12 heteroatoms.